The lowest BCUT2D eigenvalue weighted by Crippen LogP contribution is -2.31. The van der Waals surface area contributed by atoms with Crippen molar-refractivity contribution in [3.05, 3.63) is 0 Å². The Balaban J connectivity index is 3.59. The van der Waals surface area contributed by atoms with E-state index in [-0.39, 0.29) is 6.10 Å². The standard InChI is InChI=1S/C6H13O2Si/c1-6(5-7)8-9(2,3)4/h6H,1-4H3. The molecule has 0 fully saturated rings. The average molecular weight is 145 g/mol. The summed E-state index contributed by atoms with van der Waals surface area (Å²) >= 11 is 0. The molecule has 0 saturated carbocycles. The Kier molecular flexibility index (Phi) is 3.07. The van der Waals surface area contributed by atoms with Gasteiger partial charge in [-0.3, -0.25) is 4.79 Å². The van der Waals surface area contributed by atoms with Crippen LogP contribution in [-0.2, 0) is 9.22 Å². The predicted octanol–water partition coefficient (Wildman–Crippen LogP) is 1.34. The van der Waals surface area contributed by atoms with Crippen molar-refractivity contribution in [3.8, 4) is 0 Å². The second kappa shape index (κ2) is 3.13. The van der Waals surface area contributed by atoms with Crippen LogP contribution in [0.4, 0.5) is 0 Å². The summed E-state index contributed by atoms with van der Waals surface area (Å²) in [6.07, 6.45) is 1.43. The summed E-state index contributed by atoms with van der Waals surface area (Å²) in [7, 11) is -1.50. The van der Waals surface area contributed by atoms with Crippen LogP contribution in [0.1, 0.15) is 6.92 Å². The van der Waals surface area contributed by atoms with E-state index >= 15 is 0 Å². The molecule has 1 unspecified atom stereocenters. The quantitative estimate of drug-likeness (QED) is 0.560. The molecule has 0 aliphatic carbocycles. The molecule has 0 aromatic carbocycles. The first-order valence-electron chi connectivity index (χ1n) is 3.01. The minimum atomic E-state index is -1.50. The summed E-state index contributed by atoms with van der Waals surface area (Å²) in [4.78, 5) is 9.95. The first kappa shape index (κ1) is 8.85. The second-order valence-corrected chi connectivity index (χ2v) is 7.45. The molecule has 9 heavy (non-hydrogen) atoms. The van der Waals surface area contributed by atoms with Gasteiger partial charge in [0.05, 0.1) is 0 Å². The minimum absolute atomic E-state index is 0.350. The zero-order valence-corrected chi connectivity index (χ0v) is 7.39. The second-order valence-electron chi connectivity index (χ2n) is 2.99. The number of carbonyl (C=O) groups excluding carboxylic acids is 1. The molecule has 3 heteroatoms. The summed E-state index contributed by atoms with van der Waals surface area (Å²) in [6.45, 7) is 7.84. The summed E-state index contributed by atoms with van der Waals surface area (Å²) in [5.41, 5.74) is 0. The van der Waals surface area contributed by atoms with Gasteiger partial charge in [0, 0.05) is 0 Å². The molecule has 0 rings (SSSR count). The summed E-state index contributed by atoms with van der Waals surface area (Å²) in [5.74, 6) is 0. The maximum Gasteiger partial charge on any atom is 0.228 e. The fourth-order valence-corrected chi connectivity index (χ4v) is 1.66. The summed E-state index contributed by atoms with van der Waals surface area (Å²) < 4.78 is 5.30. The van der Waals surface area contributed by atoms with E-state index < -0.39 is 8.32 Å². The van der Waals surface area contributed by atoms with Gasteiger partial charge >= 0.3 is 0 Å². The maximum absolute atomic E-state index is 9.95. The van der Waals surface area contributed by atoms with Crippen LogP contribution in [0, 0.1) is 0 Å². The van der Waals surface area contributed by atoms with Crippen LogP contribution < -0.4 is 0 Å². The Morgan fingerprint density at radius 3 is 2.00 bits per heavy atom. The molecule has 0 heterocycles. The predicted molar refractivity (Wildman–Crippen MR) is 39.6 cm³/mol. The van der Waals surface area contributed by atoms with Gasteiger partial charge < -0.3 is 4.43 Å². The molecular weight excluding hydrogens is 132 g/mol. The first-order valence-corrected chi connectivity index (χ1v) is 6.42. The Hall–Kier alpha value is -0.153. The molecule has 0 saturated heterocycles. The van der Waals surface area contributed by atoms with Crippen LogP contribution in [0.15, 0.2) is 0 Å². The van der Waals surface area contributed by atoms with E-state index in [9.17, 15) is 4.79 Å². The highest BCUT2D eigenvalue weighted by atomic mass is 28.4. The molecule has 0 aliphatic heterocycles. The van der Waals surface area contributed by atoms with Gasteiger partial charge in [-0.15, -0.1) is 0 Å². The molecule has 53 valence electrons. The minimum Gasteiger partial charge on any atom is -0.407 e. The molecule has 2 nitrogen and oxygen atoms in total. The lowest BCUT2D eigenvalue weighted by Gasteiger charge is -2.18. The van der Waals surface area contributed by atoms with Crippen molar-refractivity contribution in [2.45, 2.75) is 32.7 Å². The fraction of sp³-hybridized carbons (Fsp3) is 0.833. The molecular formula is C6H13O2Si. The third kappa shape index (κ3) is 5.72. The highest BCUT2D eigenvalue weighted by molar-refractivity contribution is 6.69. The summed E-state index contributed by atoms with van der Waals surface area (Å²) in [6, 6.07) is 0. The molecule has 0 spiro atoms. The van der Waals surface area contributed by atoms with Crippen LogP contribution in [0.25, 0.3) is 0 Å². The van der Waals surface area contributed by atoms with Crippen molar-refractivity contribution in [1.29, 1.82) is 0 Å². The lowest BCUT2D eigenvalue weighted by molar-refractivity contribution is 0.272. The van der Waals surface area contributed by atoms with Gasteiger partial charge in [-0.2, -0.15) is 0 Å². The zero-order chi connectivity index (χ0) is 7.49. The van der Waals surface area contributed by atoms with Gasteiger partial charge in [0.1, 0.15) is 6.10 Å². The molecule has 1 radical (unpaired) electrons. The molecule has 0 aromatic heterocycles. The number of hydrogen-bond donors (Lipinski definition) is 0. The van der Waals surface area contributed by atoms with E-state index in [4.69, 9.17) is 4.43 Å². The third-order valence-corrected chi connectivity index (χ3v) is 1.76. The van der Waals surface area contributed by atoms with Crippen molar-refractivity contribution >= 4 is 14.6 Å². The van der Waals surface area contributed by atoms with Gasteiger partial charge in [-0.1, -0.05) is 0 Å². The van der Waals surface area contributed by atoms with Crippen LogP contribution in [-0.4, -0.2) is 20.7 Å². The smallest absolute Gasteiger partial charge is 0.228 e. The summed E-state index contributed by atoms with van der Waals surface area (Å²) in [5, 5.41) is 0. The van der Waals surface area contributed by atoms with Crippen LogP contribution >= 0.6 is 0 Å². The molecule has 0 N–H and O–H groups in total. The number of hydrogen-bond acceptors (Lipinski definition) is 2. The van der Waals surface area contributed by atoms with E-state index in [0.29, 0.717) is 0 Å². The molecule has 0 amide bonds. The molecule has 0 bridgehead atoms. The Bertz CT molecular complexity index is 95.7. The highest BCUT2D eigenvalue weighted by Crippen LogP contribution is 2.04. The van der Waals surface area contributed by atoms with E-state index in [1.54, 1.807) is 13.2 Å². The van der Waals surface area contributed by atoms with Crippen LogP contribution in [0.2, 0.25) is 19.6 Å². The van der Waals surface area contributed by atoms with Crippen LogP contribution in [0.5, 0.6) is 0 Å². The maximum atomic E-state index is 9.95. The average Bonchev–Trinajstić information content (AvgIpc) is 1.62. The molecule has 0 aromatic rings. The van der Waals surface area contributed by atoms with E-state index in [2.05, 4.69) is 0 Å². The van der Waals surface area contributed by atoms with E-state index in [0.717, 1.165) is 0 Å². The van der Waals surface area contributed by atoms with Crippen molar-refractivity contribution in [2.75, 3.05) is 0 Å². The van der Waals surface area contributed by atoms with Gasteiger partial charge in [0.2, 0.25) is 6.29 Å². The molecule has 1 atom stereocenters. The fourth-order valence-electron chi connectivity index (χ4n) is 0.554. The van der Waals surface area contributed by atoms with E-state index in [1.165, 1.54) is 0 Å². The molecule has 0 aliphatic rings. The van der Waals surface area contributed by atoms with Crippen molar-refractivity contribution in [2.24, 2.45) is 0 Å². The SMILES string of the molecule is CC([C]=O)O[Si](C)(C)C. The van der Waals surface area contributed by atoms with E-state index in [1.807, 2.05) is 19.6 Å². The normalized spacial score (nSPS) is 15.1. The van der Waals surface area contributed by atoms with Gasteiger partial charge in [-0.25, -0.2) is 0 Å². The van der Waals surface area contributed by atoms with Crippen LogP contribution in [0.3, 0.4) is 0 Å². The monoisotopic (exact) mass is 145 g/mol. The Morgan fingerprint density at radius 2 is 1.89 bits per heavy atom. The zero-order valence-electron chi connectivity index (χ0n) is 6.39. The first-order chi connectivity index (χ1) is 3.95. The van der Waals surface area contributed by atoms with Crippen molar-refractivity contribution < 1.29 is 9.22 Å². The van der Waals surface area contributed by atoms with Crippen molar-refractivity contribution in [1.82, 2.24) is 0 Å². The topological polar surface area (TPSA) is 26.3 Å². The van der Waals surface area contributed by atoms with Gasteiger partial charge in [0.15, 0.2) is 8.32 Å². The Labute approximate surface area is 57.3 Å². The largest absolute Gasteiger partial charge is 0.407 e. The number of rotatable bonds is 3. The third-order valence-electron chi connectivity index (χ3n) is 0.696. The Morgan fingerprint density at radius 1 is 1.44 bits per heavy atom. The highest BCUT2D eigenvalue weighted by Gasteiger charge is 2.17. The van der Waals surface area contributed by atoms with Gasteiger partial charge in [0.25, 0.3) is 0 Å². The van der Waals surface area contributed by atoms with Gasteiger partial charge in [-0.05, 0) is 26.6 Å². The lowest BCUT2D eigenvalue weighted by atomic mass is 10.5. The van der Waals surface area contributed by atoms with Crippen molar-refractivity contribution in [3.63, 3.8) is 0 Å².